The molecule has 1 amide bonds. The van der Waals surface area contributed by atoms with Crippen molar-refractivity contribution >= 4 is 5.91 Å². The number of likely N-dealkylation sites (tertiary alicyclic amines) is 1. The van der Waals surface area contributed by atoms with Crippen LogP contribution >= 0.6 is 0 Å². The first-order chi connectivity index (χ1) is 14.2. The van der Waals surface area contributed by atoms with Crippen LogP contribution < -0.4 is 5.32 Å². The molecular weight excluding hydrogens is 366 g/mol. The van der Waals surface area contributed by atoms with Crippen LogP contribution in [0.4, 0.5) is 0 Å². The van der Waals surface area contributed by atoms with Gasteiger partial charge in [0.05, 0.1) is 12.5 Å². The van der Waals surface area contributed by atoms with Gasteiger partial charge in [0, 0.05) is 31.0 Å². The Kier molecular flexibility index (Phi) is 5.95. The Morgan fingerprint density at radius 2 is 2.07 bits per heavy atom. The highest BCUT2D eigenvalue weighted by molar-refractivity contribution is 5.78. The number of carbonyl (C=O) groups is 1. The lowest BCUT2D eigenvalue weighted by molar-refractivity contribution is -0.127. The number of piperidine rings is 1. The minimum absolute atomic E-state index is 0.0238. The lowest BCUT2D eigenvalue weighted by Gasteiger charge is -2.30. The molecule has 4 rings (SSSR count). The summed E-state index contributed by atoms with van der Waals surface area (Å²) in [6.45, 7) is 4.75. The molecule has 1 atom stereocenters. The van der Waals surface area contributed by atoms with Crippen molar-refractivity contribution < 1.29 is 9.32 Å². The molecule has 1 aliphatic rings. The molecule has 1 unspecified atom stereocenters. The number of aromatic nitrogens is 3. The van der Waals surface area contributed by atoms with Crippen molar-refractivity contribution in [2.24, 2.45) is 5.92 Å². The molecule has 3 heterocycles. The van der Waals surface area contributed by atoms with E-state index >= 15 is 0 Å². The molecule has 7 nitrogen and oxygen atoms in total. The predicted molar refractivity (Wildman–Crippen MR) is 109 cm³/mol. The highest BCUT2D eigenvalue weighted by Gasteiger charge is 2.26. The van der Waals surface area contributed by atoms with Gasteiger partial charge in [0.1, 0.15) is 0 Å². The van der Waals surface area contributed by atoms with Gasteiger partial charge in [-0.25, -0.2) is 0 Å². The van der Waals surface area contributed by atoms with Gasteiger partial charge in [-0.2, -0.15) is 4.98 Å². The molecule has 2 aromatic heterocycles. The van der Waals surface area contributed by atoms with Crippen molar-refractivity contribution in [3.63, 3.8) is 0 Å². The summed E-state index contributed by atoms with van der Waals surface area (Å²) in [5, 5.41) is 7.17. The second-order valence-corrected chi connectivity index (χ2v) is 7.47. The number of rotatable bonds is 6. The number of carbonyl (C=O) groups excluding carboxylic acids is 1. The molecule has 0 saturated carbocycles. The van der Waals surface area contributed by atoms with Gasteiger partial charge in [-0.05, 0) is 49.6 Å². The summed E-state index contributed by atoms with van der Waals surface area (Å²) in [5.74, 6) is 1.27. The zero-order valence-electron chi connectivity index (χ0n) is 16.5. The van der Waals surface area contributed by atoms with Crippen molar-refractivity contribution in [1.82, 2.24) is 25.3 Å². The van der Waals surface area contributed by atoms with Gasteiger partial charge < -0.3 is 9.84 Å². The van der Waals surface area contributed by atoms with E-state index in [1.165, 1.54) is 0 Å². The normalized spacial score (nSPS) is 17.2. The summed E-state index contributed by atoms with van der Waals surface area (Å²) in [6.07, 6.45) is 5.35. The van der Waals surface area contributed by atoms with E-state index in [-0.39, 0.29) is 11.8 Å². The van der Waals surface area contributed by atoms with Crippen LogP contribution in [0.15, 0.2) is 53.3 Å². The number of hydrogen-bond acceptors (Lipinski definition) is 6. The highest BCUT2D eigenvalue weighted by Crippen LogP contribution is 2.22. The molecule has 1 saturated heterocycles. The molecule has 0 spiro atoms. The van der Waals surface area contributed by atoms with E-state index in [2.05, 4.69) is 25.3 Å². The molecule has 0 aliphatic carbocycles. The van der Waals surface area contributed by atoms with E-state index in [1.807, 2.05) is 43.3 Å². The maximum Gasteiger partial charge on any atom is 0.241 e. The van der Waals surface area contributed by atoms with Gasteiger partial charge >= 0.3 is 0 Å². The average Bonchev–Trinajstić information content (AvgIpc) is 3.21. The Morgan fingerprint density at radius 1 is 1.24 bits per heavy atom. The van der Waals surface area contributed by atoms with Crippen LogP contribution in [0.25, 0.3) is 11.4 Å². The molecule has 29 heavy (non-hydrogen) atoms. The molecule has 0 bridgehead atoms. The topological polar surface area (TPSA) is 84.2 Å². The van der Waals surface area contributed by atoms with E-state index in [9.17, 15) is 4.79 Å². The molecule has 1 fully saturated rings. The summed E-state index contributed by atoms with van der Waals surface area (Å²) in [7, 11) is 0. The Balaban J connectivity index is 1.33. The van der Waals surface area contributed by atoms with E-state index in [0.29, 0.717) is 31.3 Å². The maximum atomic E-state index is 12.6. The van der Waals surface area contributed by atoms with Crippen molar-refractivity contribution in [3.05, 3.63) is 65.8 Å². The van der Waals surface area contributed by atoms with Crippen molar-refractivity contribution in [2.45, 2.75) is 32.9 Å². The number of aryl methyl sites for hydroxylation is 1. The summed E-state index contributed by atoms with van der Waals surface area (Å²) in [5.41, 5.74) is 3.15. The number of pyridine rings is 1. The molecule has 1 aromatic carbocycles. The van der Waals surface area contributed by atoms with Gasteiger partial charge in [0.2, 0.25) is 17.6 Å². The third-order valence-corrected chi connectivity index (χ3v) is 5.31. The molecule has 150 valence electrons. The Bertz CT molecular complexity index is 957. The van der Waals surface area contributed by atoms with Crippen LogP contribution in [0.2, 0.25) is 0 Å². The molecule has 1 N–H and O–H groups in total. The molecule has 1 aliphatic heterocycles. The molecule has 7 heteroatoms. The SMILES string of the molecule is Cc1ccccc1-c1noc(CN2CCCC(C(=O)NCc3ccncc3)C2)n1. The van der Waals surface area contributed by atoms with Gasteiger partial charge in [-0.15, -0.1) is 0 Å². The lowest BCUT2D eigenvalue weighted by Crippen LogP contribution is -2.42. The average molecular weight is 391 g/mol. The fourth-order valence-electron chi connectivity index (χ4n) is 3.69. The molecule has 3 aromatic rings. The van der Waals surface area contributed by atoms with E-state index in [4.69, 9.17) is 4.52 Å². The second kappa shape index (κ2) is 8.96. The third-order valence-electron chi connectivity index (χ3n) is 5.31. The van der Waals surface area contributed by atoms with Gasteiger partial charge in [0.25, 0.3) is 0 Å². The quantitative estimate of drug-likeness (QED) is 0.695. The first-order valence-corrected chi connectivity index (χ1v) is 9.96. The number of hydrogen-bond donors (Lipinski definition) is 1. The Labute approximate surface area is 170 Å². The van der Waals surface area contributed by atoms with Crippen LogP contribution in [-0.2, 0) is 17.9 Å². The van der Waals surface area contributed by atoms with Crippen LogP contribution in [0, 0.1) is 12.8 Å². The summed E-state index contributed by atoms with van der Waals surface area (Å²) >= 11 is 0. The standard InChI is InChI=1S/C22H25N5O2/c1-16-5-2-3-7-19(16)21-25-20(29-26-21)15-27-12-4-6-18(14-27)22(28)24-13-17-8-10-23-11-9-17/h2-3,5,7-11,18H,4,6,12-15H2,1H3,(H,24,28). The van der Waals surface area contributed by atoms with E-state index in [1.54, 1.807) is 12.4 Å². The van der Waals surface area contributed by atoms with Crippen molar-refractivity contribution in [2.75, 3.05) is 13.1 Å². The largest absolute Gasteiger partial charge is 0.352 e. The maximum absolute atomic E-state index is 12.6. The van der Waals surface area contributed by atoms with E-state index < -0.39 is 0 Å². The highest BCUT2D eigenvalue weighted by atomic mass is 16.5. The monoisotopic (exact) mass is 391 g/mol. The summed E-state index contributed by atoms with van der Waals surface area (Å²) in [6, 6.07) is 11.8. The van der Waals surface area contributed by atoms with Crippen LogP contribution in [0.1, 0.15) is 29.9 Å². The summed E-state index contributed by atoms with van der Waals surface area (Å²) in [4.78, 5) is 23.4. The predicted octanol–water partition coefficient (Wildman–Crippen LogP) is 2.97. The minimum Gasteiger partial charge on any atom is -0.352 e. The number of benzene rings is 1. The Morgan fingerprint density at radius 3 is 2.90 bits per heavy atom. The number of amides is 1. The third kappa shape index (κ3) is 4.86. The first-order valence-electron chi connectivity index (χ1n) is 9.96. The number of nitrogens with one attached hydrogen (secondary N) is 1. The second-order valence-electron chi connectivity index (χ2n) is 7.47. The van der Waals surface area contributed by atoms with E-state index in [0.717, 1.165) is 36.1 Å². The summed E-state index contributed by atoms with van der Waals surface area (Å²) < 4.78 is 5.47. The Hall–Kier alpha value is -3.06. The molecule has 0 radical (unpaired) electrons. The minimum atomic E-state index is -0.0238. The zero-order chi connectivity index (χ0) is 20.1. The van der Waals surface area contributed by atoms with Gasteiger partial charge in [-0.3, -0.25) is 14.7 Å². The number of nitrogens with zero attached hydrogens (tertiary/aromatic N) is 4. The lowest BCUT2D eigenvalue weighted by atomic mass is 9.97. The zero-order valence-corrected chi connectivity index (χ0v) is 16.5. The van der Waals surface area contributed by atoms with Crippen LogP contribution in [-0.4, -0.2) is 39.0 Å². The first kappa shape index (κ1) is 19.3. The van der Waals surface area contributed by atoms with Gasteiger partial charge in [0.15, 0.2) is 0 Å². The van der Waals surface area contributed by atoms with Crippen LogP contribution in [0.5, 0.6) is 0 Å². The molecular formula is C22H25N5O2. The fourth-order valence-corrected chi connectivity index (χ4v) is 3.69. The van der Waals surface area contributed by atoms with Crippen molar-refractivity contribution in [3.8, 4) is 11.4 Å². The van der Waals surface area contributed by atoms with Gasteiger partial charge in [-0.1, -0.05) is 29.4 Å². The van der Waals surface area contributed by atoms with Crippen LogP contribution in [0.3, 0.4) is 0 Å². The fraction of sp³-hybridized carbons (Fsp3) is 0.364. The van der Waals surface area contributed by atoms with Crippen molar-refractivity contribution in [1.29, 1.82) is 0 Å². The smallest absolute Gasteiger partial charge is 0.241 e.